The molecule has 3 heterocycles. The summed E-state index contributed by atoms with van der Waals surface area (Å²) in [4.78, 5) is 0. The van der Waals surface area contributed by atoms with E-state index in [9.17, 15) is 25.5 Å². The Hall–Kier alpha value is -2.90. The summed E-state index contributed by atoms with van der Waals surface area (Å²) >= 11 is 0. The van der Waals surface area contributed by atoms with E-state index in [4.69, 9.17) is 28.1 Å². The molecule has 0 unspecified atom stereocenters. The molecular weight excluding hydrogens is 476 g/mol. The summed E-state index contributed by atoms with van der Waals surface area (Å²) in [7, 11) is 1.51. The molecule has 3 aromatic rings. The van der Waals surface area contributed by atoms with Gasteiger partial charge in [0.2, 0.25) is 6.79 Å². The first kappa shape index (κ1) is 24.8. The van der Waals surface area contributed by atoms with Gasteiger partial charge in [-0.25, -0.2) is 0 Å². The molecule has 6 atom stereocenters. The van der Waals surface area contributed by atoms with Crippen molar-refractivity contribution < 1.29 is 53.6 Å². The standard InChI is InChI=1S/C25H28O11/c1-31-19-8-13(15(27)4-5-32-25-23(30)22(29)21(28)20(10-26)36-25)6-14-9-17(35-24(14)19)12-2-3-16-18(7-12)34-11-33-16/h2-3,6-9,15,20-23,25-30H,4-5,10-11H2,1H3/t15-,20+,21-,22-,23-,25-/m1/s1. The molecule has 0 aliphatic carbocycles. The van der Waals surface area contributed by atoms with Crippen molar-refractivity contribution >= 4 is 11.0 Å². The molecule has 0 spiro atoms. The number of hydrogen-bond acceptors (Lipinski definition) is 11. The molecule has 0 amide bonds. The lowest BCUT2D eigenvalue weighted by atomic mass is 9.99. The maximum absolute atomic E-state index is 10.8. The predicted molar refractivity (Wildman–Crippen MR) is 124 cm³/mol. The zero-order valence-corrected chi connectivity index (χ0v) is 19.4. The molecule has 2 aliphatic rings. The smallest absolute Gasteiger partial charge is 0.231 e. The van der Waals surface area contributed by atoms with Gasteiger partial charge in [-0.05, 0) is 42.0 Å². The van der Waals surface area contributed by atoms with Gasteiger partial charge in [0, 0.05) is 17.4 Å². The monoisotopic (exact) mass is 504 g/mol. The summed E-state index contributed by atoms with van der Waals surface area (Å²) in [6.45, 7) is -0.404. The second-order valence-electron chi connectivity index (χ2n) is 8.69. The summed E-state index contributed by atoms with van der Waals surface area (Å²) in [5, 5.41) is 50.7. The van der Waals surface area contributed by atoms with Crippen molar-refractivity contribution in [3.8, 4) is 28.6 Å². The van der Waals surface area contributed by atoms with E-state index in [2.05, 4.69) is 0 Å². The molecule has 0 radical (unpaired) electrons. The van der Waals surface area contributed by atoms with Crippen LogP contribution in [-0.4, -0.2) is 83.4 Å². The third-order valence-electron chi connectivity index (χ3n) is 6.39. The Morgan fingerprint density at radius 1 is 1.00 bits per heavy atom. The predicted octanol–water partition coefficient (Wildman–Crippen LogP) is 1.08. The second-order valence-corrected chi connectivity index (χ2v) is 8.69. The van der Waals surface area contributed by atoms with Gasteiger partial charge in [0.15, 0.2) is 29.1 Å². The molecule has 5 rings (SSSR count). The molecule has 2 aliphatic heterocycles. The summed E-state index contributed by atoms with van der Waals surface area (Å²) in [6.07, 6.45) is -7.64. The van der Waals surface area contributed by atoms with Gasteiger partial charge in [-0.2, -0.15) is 0 Å². The molecule has 1 aromatic heterocycles. The molecule has 11 nitrogen and oxygen atoms in total. The average molecular weight is 504 g/mol. The number of fused-ring (bicyclic) bond motifs is 2. The molecule has 194 valence electrons. The average Bonchev–Trinajstić information content (AvgIpc) is 3.54. The third kappa shape index (κ3) is 4.62. The van der Waals surface area contributed by atoms with Gasteiger partial charge in [0.25, 0.3) is 0 Å². The van der Waals surface area contributed by atoms with Crippen molar-refractivity contribution in [3.63, 3.8) is 0 Å². The van der Waals surface area contributed by atoms with Crippen molar-refractivity contribution in [2.24, 2.45) is 0 Å². The SMILES string of the molecule is COc1cc([C@H](O)CCO[C@@H]2O[C@@H](CO)[C@@H](O)[C@@H](O)[C@H]2O)cc2cc(-c3ccc4c(c3)OCO4)oc12. The highest BCUT2D eigenvalue weighted by Crippen LogP contribution is 2.40. The lowest BCUT2D eigenvalue weighted by Crippen LogP contribution is -2.59. The maximum atomic E-state index is 10.8. The number of hydrogen-bond donors (Lipinski definition) is 5. The number of aliphatic hydroxyl groups excluding tert-OH is 5. The molecule has 11 heteroatoms. The van der Waals surface area contributed by atoms with Crippen LogP contribution in [0.25, 0.3) is 22.3 Å². The Labute approximate surface area is 206 Å². The van der Waals surface area contributed by atoms with Gasteiger partial charge in [0.05, 0.1) is 26.4 Å². The minimum absolute atomic E-state index is 0.0297. The lowest BCUT2D eigenvalue weighted by Gasteiger charge is -2.39. The van der Waals surface area contributed by atoms with Gasteiger partial charge in [0.1, 0.15) is 30.2 Å². The number of rotatable bonds is 8. The molecular formula is C25H28O11. The minimum Gasteiger partial charge on any atom is -0.493 e. The van der Waals surface area contributed by atoms with Crippen LogP contribution in [0.15, 0.2) is 40.8 Å². The van der Waals surface area contributed by atoms with Crippen LogP contribution in [0.4, 0.5) is 0 Å². The lowest BCUT2D eigenvalue weighted by molar-refractivity contribution is -0.301. The first-order chi connectivity index (χ1) is 17.4. The van der Waals surface area contributed by atoms with Crippen LogP contribution < -0.4 is 14.2 Å². The van der Waals surface area contributed by atoms with Crippen LogP contribution in [0.1, 0.15) is 18.1 Å². The number of ether oxygens (including phenoxy) is 5. The molecule has 0 bridgehead atoms. The Morgan fingerprint density at radius 3 is 2.58 bits per heavy atom. The van der Waals surface area contributed by atoms with Gasteiger partial charge in [-0.3, -0.25) is 0 Å². The fourth-order valence-electron chi connectivity index (χ4n) is 4.35. The van der Waals surface area contributed by atoms with E-state index in [0.717, 1.165) is 10.9 Å². The summed E-state index contributed by atoms with van der Waals surface area (Å²) in [5.41, 5.74) is 1.89. The highest BCUT2D eigenvalue weighted by atomic mass is 16.7. The van der Waals surface area contributed by atoms with Gasteiger partial charge >= 0.3 is 0 Å². The van der Waals surface area contributed by atoms with E-state index in [1.54, 1.807) is 12.1 Å². The Kier molecular flexibility index (Phi) is 7.04. The Morgan fingerprint density at radius 2 is 1.81 bits per heavy atom. The fraction of sp³-hybridized carbons (Fsp3) is 0.440. The Bertz CT molecular complexity index is 1210. The van der Waals surface area contributed by atoms with Crippen molar-refractivity contribution in [2.45, 2.75) is 43.2 Å². The van der Waals surface area contributed by atoms with E-state index in [1.165, 1.54) is 7.11 Å². The topological polar surface area (TPSA) is 160 Å². The highest BCUT2D eigenvalue weighted by Gasteiger charge is 2.44. The van der Waals surface area contributed by atoms with Crippen LogP contribution in [0.3, 0.4) is 0 Å². The summed E-state index contributed by atoms with van der Waals surface area (Å²) < 4.78 is 33.2. The van der Waals surface area contributed by atoms with E-state index < -0.39 is 43.4 Å². The minimum atomic E-state index is -1.53. The molecule has 0 saturated carbocycles. The van der Waals surface area contributed by atoms with Gasteiger partial charge in [-0.1, -0.05) is 0 Å². The fourth-order valence-corrected chi connectivity index (χ4v) is 4.35. The first-order valence-electron chi connectivity index (χ1n) is 11.5. The van der Waals surface area contributed by atoms with Crippen LogP contribution in [0.5, 0.6) is 17.2 Å². The second kappa shape index (κ2) is 10.2. The van der Waals surface area contributed by atoms with Crippen LogP contribution >= 0.6 is 0 Å². The summed E-state index contributed by atoms with van der Waals surface area (Å²) in [5.74, 6) is 2.35. The van der Waals surface area contributed by atoms with Crippen LogP contribution in [-0.2, 0) is 9.47 Å². The zero-order valence-electron chi connectivity index (χ0n) is 19.4. The van der Waals surface area contributed by atoms with Crippen LogP contribution in [0, 0.1) is 0 Å². The number of furan rings is 1. The largest absolute Gasteiger partial charge is 0.493 e. The summed E-state index contributed by atoms with van der Waals surface area (Å²) in [6, 6.07) is 10.8. The van der Waals surface area contributed by atoms with Crippen molar-refractivity contribution in [2.75, 3.05) is 27.1 Å². The molecule has 1 fully saturated rings. The third-order valence-corrected chi connectivity index (χ3v) is 6.39. The molecule has 1 saturated heterocycles. The molecule has 2 aromatic carbocycles. The quantitative estimate of drug-likeness (QED) is 0.299. The maximum Gasteiger partial charge on any atom is 0.231 e. The van der Waals surface area contributed by atoms with Gasteiger partial charge in [-0.15, -0.1) is 0 Å². The van der Waals surface area contributed by atoms with Crippen molar-refractivity contribution in [1.82, 2.24) is 0 Å². The van der Waals surface area contributed by atoms with Gasteiger partial charge < -0.3 is 53.6 Å². The van der Waals surface area contributed by atoms with E-state index in [-0.39, 0.29) is 19.8 Å². The number of benzene rings is 2. The van der Waals surface area contributed by atoms with Crippen molar-refractivity contribution in [1.29, 1.82) is 0 Å². The Balaban J connectivity index is 1.29. The highest BCUT2D eigenvalue weighted by molar-refractivity contribution is 5.88. The van der Waals surface area contributed by atoms with Crippen LogP contribution in [0.2, 0.25) is 0 Å². The van der Waals surface area contributed by atoms with E-state index in [0.29, 0.717) is 34.2 Å². The normalized spacial score (nSPS) is 26.3. The van der Waals surface area contributed by atoms with Crippen molar-refractivity contribution in [3.05, 3.63) is 42.0 Å². The van der Waals surface area contributed by atoms with E-state index >= 15 is 0 Å². The van der Waals surface area contributed by atoms with E-state index in [1.807, 2.05) is 24.3 Å². The zero-order chi connectivity index (χ0) is 25.4. The number of methoxy groups -OCH3 is 1. The molecule has 36 heavy (non-hydrogen) atoms. The number of aliphatic hydroxyl groups is 5. The first-order valence-corrected chi connectivity index (χ1v) is 11.5. The molecule has 5 N–H and O–H groups in total.